The van der Waals surface area contributed by atoms with Crippen LogP contribution < -0.4 is 0 Å². The topological polar surface area (TPSA) is 66.7 Å². The molecule has 1 aromatic carbocycles. The van der Waals surface area contributed by atoms with Crippen LogP contribution in [0.4, 0.5) is 26.3 Å². The Morgan fingerprint density at radius 1 is 1.23 bits per heavy atom. The molecule has 4 rings (SSSR count). The summed E-state index contributed by atoms with van der Waals surface area (Å²) in [7, 11) is 0. The number of aromatic amines is 1. The minimum atomic E-state index is -4.38. The number of hydrogen-bond donors (Lipinski definition) is 2. The van der Waals surface area contributed by atoms with Gasteiger partial charge in [0.1, 0.15) is 11.6 Å². The van der Waals surface area contributed by atoms with Crippen molar-refractivity contribution in [3.63, 3.8) is 0 Å². The molecule has 0 radical (unpaired) electrons. The Hall–Kier alpha value is -2.82. The van der Waals surface area contributed by atoms with E-state index < -0.39 is 41.4 Å². The van der Waals surface area contributed by atoms with Crippen molar-refractivity contribution in [1.82, 2.24) is 19.7 Å². The van der Waals surface area contributed by atoms with Crippen LogP contribution in [0, 0.1) is 11.2 Å². The summed E-state index contributed by atoms with van der Waals surface area (Å²) in [4.78, 5) is 6.48. The molecule has 166 valence electrons. The molecule has 0 amide bonds. The first-order chi connectivity index (χ1) is 14.5. The molecule has 1 aliphatic carbocycles. The van der Waals surface area contributed by atoms with Gasteiger partial charge in [-0.05, 0) is 31.0 Å². The van der Waals surface area contributed by atoms with Gasteiger partial charge in [0.2, 0.25) is 0 Å². The van der Waals surface area contributed by atoms with Crippen LogP contribution in [0.3, 0.4) is 0 Å². The molecule has 2 heterocycles. The lowest BCUT2D eigenvalue weighted by molar-refractivity contribution is -0.186. The number of H-pyrrole nitrogens is 1. The number of aliphatic hydroxyl groups is 1. The van der Waals surface area contributed by atoms with E-state index in [4.69, 9.17) is 0 Å². The van der Waals surface area contributed by atoms with Crippen LogP contribution in [0.1, 0.15) is 29.9 Å². The lowest BCUT2D eigenvalue weighted by atomic mass is 9.89. The molecule has 1 aliphatic rings. The standard InChI is InChI=1S/C20H18F6N4O/c21-15-8-13(30-7-1-6-28-30)2-3-14(15)19(31,17(22)23)10-16-27-11-12(29-16)9-18(4-5-18)20(24,25)26/h1-3,6-8,11,17,31H,4-5,9-10H2,(H,27,29). The predicted molar refractivity (Wildman–Crippen MR) is 97.1 cm³/mol. The Bertz CT molecular complexity index is 1060. The van der Waals surface area contributed by atoms with E-state index in [1.165, 1.54) is 29.3 Å². The summed E-state index contributed by atoms with van der Waals surface area (Å²) in [6, 6.07) is 4.92. The van der Waals surface area contributed by atoms with Gasteiger partial charge in [-0.15, -0.1) is 0 Å². The Labute approximate surface area is 172 Å². The first-order valence-electron chi connectivity index (χ1n) is 9.45. The number of halogens is 6. The summed E-state index contributed by atoms with van der Waals surface area (Å²) >= 11 is 0. The summed E-state index contributed by atoms with van der Waals surface area (Å²) in [5, 5.41) is 14.6. The van der Waals surface area contributed by atoms with E-state index in [9.17, 15) is 31.4 Å². The van der Waals surface area contributed by atoms with E-state index in [-0.39, 0.29) is 36.5 Å². The second-order valence-electron chi connectivity index (χ2n) is 7.81. The van der Waals surface area contributed by atoms with Crippen molar-refractivity contribution in [3.8, 4) is 5.69 Å². The van der Waals surface area contributed by atoms with Crippen molar-refractivity contribution >= 4 is 0 Å². The van der Waals surface area contributed by atoms with E-state index in [1.807, 2.05) is 0 Å². The normalized spacial score (nSPS) is 17.7. The number of rotatable bonds is 7. The van der Waals surface area contributed by atoms with Crippen LogP contribution in [-0.2, 0) is 18.4 Å². The van der Waals surface area contributed by atoms with Gasteiger partial charge in [-0.2, -0.15) is 18.3 Å². The van der Waals surface area contributed by atoms with Crippen molar-refractivity contribution in [2.24, 2.45) is 5.41 Å². The van der Waals surface area contributed by atoms with E-state index >= 15 is 0 Å². The molecule has 0 spiro atoms. The molecule has 1 saturated carbocycles. The Morgan fingerprint density at radius 2 is 1.97 bits per heavy atom. The third-order valence-corrected chi connectivity index (χ3v) is 5.64. The summed E-state index contributed by atoms with van der Waals surface area (Å²) in [6.45, 7) is 0. The van der Waals surface area contributed by atoms with Crippen molar-refractivity contribution < 1.29 is 31.4 Å². The molecule has 2 aromatic heterocycles. The van der Waals surface area contributed by atoms with E-state index in [0.717, 1.165) is 12.1 Å². The highest BCUT2D eigenvalue weighted by atomic mass is 19.4. The number of hydrogen-bond acceptors (Lipinski definition) is 3. The van der Waals surface area contributed by atoms with Crippen LogP contribution in [-0.4, -0.2) is 37.5 Å². The average molecular weight is 444 g/mol. The first kappa shape index (κ1) is 21.4. The van der Waals surface area contributed by atoms with Gasteiger partial charge in [-0.3, -0.25) is 0 Å². The maximum absolute atomic E-state index is 14.7. The number of aromatic nitrogens is 4. The fourth-order valence-corrected chi connectivity index (χ4v) is 3.61. The number of benzene rings is 1. The summed E-state index contributed by atoms with van der Waals surface area (Å²) in [5.74, 6) is -1.23. The third kappa shape index (κ3) is 3.93. The van der Waals surface area contributed by atoms with E-state index in [1.54, 1.807) is 6.07 Å². The maximum atomic E-state index is 14.7. The number of alkyl halides is 5. The fraction of sp³-hybridized carbons (Fsp3) is 0.400. The molecule has 3 aromatic rings. The number of nitrogens with one attached hydrogen (secondary N) is 1. The van der Waals surface area contributed by atoms with Crippen LogP contribution in [0.25, 0.3) is 5.69 Å². The second-order valence-corrected chi connectivity index (χ2v) is 7.81. The van der Waals surface area contributed by atoms with Gasteiger partial charge in [0.15, 0.2) is 5.60 Å². The second kappa shape index (κ2) is 7.40. The zero-order valence-electron chi connectivity index (χ0n) is 16.0. The summed E-state index contributed by atoms with van der Waals surface area (Å²) in [6.07, 6.45) is -4.79. The largest absolute Gasteiger partial charge is 0.394 e. The SMILES string of the molecule is OC(Cc1nc(CC2(C(F)(F)F)CC2)c[nH]1)(c1ccc(-n2cccn2)cc1F)C(F)F. The Morgan fingerprint density at radius 3 is 2.52 bits per heavy atom. The van der Waals surface area contributed by atoms with Crippen LogP contribution >= 0.6 is 0 Å². The quantitative estimate of drug-likeness (QED) is 0.534. The predicted octanol–water partition coefficient (Wildman–Crippen LogP) is 4.31. The van der Waals surface area contributed by atoms with Gasteiger partial charge in [0.25, 0.3) is 6.43 Å². The molecule has 0 bridgehead atoms. The van der Waals surface area contributed by atoms with Crippen LogP contribution in [0.2, 0.25) is 0 Å². The minimum absolute atomic E-state index is 0.0204. The van der Waals surface area contributed by atoms with Crippen LogP contribution in [0.5, 0.6) is 0 Å². The minimum Gasteiger partial charge on any atom is -0.379 e. The van der Waals surface area contributed by atoms with Crippen molar-refractivity contribution in [3.05, 3.63) is 65.8 Å². The molecule has 2 N–H and O–H groups in total. The highest BCUT2D eigenvalue weighted by molar-refractivity contribution is 5.38. The van der Waals surface area contributed by atoms with Crippen molar-refractivity contribution in [2.75, 3.05) is 0 Å². The Kier molecular flexibility index (Phi) is 5.11. The van der Waals surface area contributed by atoms with Gasteiger partial charge >= 0.3 is 6.18 Å². The molecule has 5 nitrogen and oxygen atoms in total. The molecule has 1 atom stereocenters. The number of nitrogens with zero attached hydrogens (tertiary/aromatic N) is 3. The fourth-order valence-electron chi connectivity index (χ4n) is 3.61. The van der Waals surface area contributed by atoms with Gasteiger partial charge in [0.05, 0.1) is 16.8 Å². The first-order valence-corrected chi connectivity index (χ1v) is 9.45. The molecule has 1 fully saturated rings. The van der Waals surface area contributed by atoms with E-state index in [2.05, 4.69) is 15.1 Å². The van der Waals surface area contributed by atoms with Gasteiger partial charge in [-0.25, -0.2) is 22.8 Å². The third-order valence-electron chi connectivity index (χ3n) is 5.64. The molecule has 0 saturated heterocycles. The van der Waals surface area contributed by atoms with Crippen molar-refractivity contribution in [2.45, 2.75) is 43.9 Å². The van der Waals surface area contributed by atoms with Crippen molar-refractivity contribution in [1.29, 1.82) is 0 Å². The zero-order valence-corrected chi connectivity index (χ0v) is 16.0. The van der Waals surface area contributed by atoms with Gasteiger partial charge in [-0.1, -0.05) is 6.07 Å². The highest BCUT2D eigenvalue weighted by Gasteiger charge is 2.63. The molecular formula is C20H18F6N4O. The zero-order chi connectivity index (χ0) is 22.4. The van der Waals surface area contributed by atoms with Gasteiger partial charge in [0, 0.05) is 37.0 Å². The highest BCUT2D eigenvalue weighted by Crippen LogP contribution is 2.59. The summed E-state index contributed by atoms with van der Waals surface area (Å²) < 4.78 is 83.1. The molecule has 11 heteroatoms. The lowest BCUT2D eigenvalue weighted by Crippen LogP contribution is -2.38. The molecule has 0 aliphatic heterocycles. The molecular weight excluding hydrogens is 426 g/mol. The monoisotopic (exact) mass is 444 g/mol. The lowest BCUT2D eigenvalue weighted by Gasteiger charge is -2.27. The Balaban J connectivity index is 1.58. The smallest absolute Gasteiger partial charge is 0.379 e. The average Bonchev–Trinajstić information content (AvgIpc) is 3.10. The maximum Gasteiger partial charge on any atom is 0.394 e. The van der Waals surface area contributed by atoms with E-state index in [0.29, 0.717) is 0 Å². The van der Waals surface area contributed by atoms with Gasteiger partial charge < -0.3 is 10.1 Å². The van der Waals surface area contributed by atoms with Crippen LogP contribution in [0.15, 0.2) is 42.9 Å². The molecule has 31 heavy (non-hydrogen) atoms. The molecule has 1 unspecified atom stereocenters. The number of imidazole rings is 1. The summed E-state index contributed by atoms with van der Waals surface area (Å²) in [5.41, 5.74) is -5.10.